The fraction of sp³-hybridized carbons (Fsp3) is 1.00. The Labute approximate surface area is 67.8 Å². The molecule has 0 atom stereocenters. The molecule has 1 nitrogen and oxygen atoms in total. The predicted octanol–water partition coefficient (Wildman–Crippen LogP) is 2.36. The maximum Gasteiger partial charge on any atom is 0.0566 e. The molecule has 1 fully saturated rings. The monoisotopic (exact) mass is 159 g/mol. The molecule has 1 aliphatic rings. The molecule has 2 N–H and O–H groups in total. The van der Waals surface area contributed by atoms with Crippen LogP contribution in [0.15, 0.2) is 0 Å². The molecule has 0 radical (unpaired) electrons. The van der Waals surface area contributed by atoms with Crippen LogP contribution in [0.5, 0.6) is 0 Å². The van der Waals surface area contributed by atoms with E-state index in [4.69, 9.17) is 5.73 Å². The van der Waals surface area contributed by atoms with Crippen LogP contribution in [0.3, 0.4) is 0 Å². The van der Waals surface area contributed by atoms with Crippen molar-refractivity contribution in [3.8, 4) is 0 Å². The molecule has 0 aromatic carbocycles. The summed E-state index contributed by atoms with van der Waals surface area (Å²) in [6.07, 6.45) is 5.58. The fourth-order valence-corrected chi connectivity index (χ4v) is 2.86. The Balaban J connectivity index is 2.24. The maximum absolute atomic E-state index is 5.88. The summed E-state index contributed by atoms with van der Waals surface area (Å²) in [5.74, 6) is 0. The standard InChI is InChI=1S/C8H17NS/c1-8(2,9)10-7-5-3-4-6-7/h7H,3-6,9H2,1-2H3. The van der Waals surface area contributed by atoms with Gasteiger partial charge in [0.05, 0.1) is 4.87 Å². The molecule has 0 spiro atoms. The molecule has 2 heteroatoms. The van der Waals surface area contributed by atoms with Crippen LogP contribution in [-0.4, -0.2) is 10.1 Å². The van der Waals surface area contributed by atoms with Gasteiger partial charge in [0.2, 0.25) is 0 Å². The van der Waals surface area contributed by atoms with Gasteiger partial charge in [-0.15, -0.1) is 11.8 Å². The zero-order valence-corrected chi connectivity index (χ0v) is 7.71. The Bertz CT molecular complexity index is 100. The van der Waals surface area contributed by atoms with Gasteiger partial charge in [0, 0.05) is 5.25 Å². The van der Waals surface area contributed by atoms with E-state index in [1.807, 2.05) is 11.8 Å². The molecule has 0 bridgehead atoms. The normalized spacial score (nSPS) is 21.9. The summed E-state index contributed by atoms with van der Waals surface area (Å²) >= 11 is 1.94. The summed E-state index contributed by atoms with van der Waals surface area (Å²) in [7, 11) is 0. The van der Waals surface area contributed by atoms with E-state index < -0.39 is 0 Å². The van der Waals surface area contributed by atoms with Gasteiger partial charge in [-0.2, -0.15) is 0 Å². The van der Waals surface area contributed by atoms with Crippen molar-refractivity contribution in [1.82, 2.24) is 0 Å². The van der Waals surface area contributed by atoms with Gasteiger partial charge in [-0.3, -0.25) is 0 Å². The van der Waals surface area contributed by atoms with Crippen molar-refractivity contribution in [3.63, 3.8) is 0 Å². The lowest BCUT2D eigenvalue weighted by atomic mass is 10.4. The average Bonchev–Trinajstić information content (AvgIpc) is 2.12. The van der Waals surface area contributed by atoms with Crippen LogP contribution in [0.1, 0.15) is 39.5 Å². The highest BCUT2D eigenvalue weighted by Gasteiger charge is 2.22. The van der Waals surface area contributed by atoms with Gasteiger partial charge in [-0.25, -0.2) is 0 Å². The van der Waals surface area contributed by atoms with Crippen molar-refractivity contribution in [2.75, 3.05) is 0 Å². The second-order valence-electron chi connectivity index (χ2n) is 3.63. The van der Waals surface area contributed by atoms with Crippen LogP contribution in [0.4, 0.5) is 0 Å². The molecule has 10 heavy (non-hydrogen) atoms. The molecule has 0 aromatic rings. The molecule has 1 saturated carbocycles. The minimum Gasteiger partial charge on any atom is -0.317 e. The zero-order chi connectivity index (χ0) is 7.61. The van der Waals surface area contributed by atoms with Crippen LogP contribution in [0.2, 0.25) is 0 Å². The number of nitrogens with two attached hydrogens (primary N) is 1. The van der Waals surface area contributed by atoms with E-state index in [0.29, 0.717) is 0 Å². The van der Waals surface area contributed by atoms with E-state index >= 15 is 0 Å². The summed E-state index contributed by atoms with van der Waals surface area (Å²) in [6, 6.07) is 0. The van der Waals surface area contributed by atoms with Gasteiger partial charge in [0.15, 0.2) is 0 Å². The largest absolute Gasteiger partial charge is 0.317 e. The lowest BCUT2D eigenvalue weighted by Gasteiger charge is -2.21. The number of hydrogen-bond acceptors (Lipinski definition) is 2. The Morgan fingerprint density at radius 2 is 1.80 bits per heavy atom. The smallest absolute Gasteiger partial charge is 0.0566 e. The van der Waals surface area contributed by atoms with Crippen LogP contribution < -0.4 is 5.73 Å². The van der Waals surface area contributed by atoms with Gasteiger partial charge >= 0.3 is 0 Å². The lowest BCUT2D eigenvalue weighted by Crippen LogP contribution is -2.29. The molecule has 0 unspecified atom stereocenters. The highest BCUT2D eigenvalue weighted by molar-refractivity contribution is 8.01. The van der Waals surface area contributed by atoms with E-state index in [1.165, 1.54) is 25.7 Å². The molecule has 0 aromatic heterocycles. The van der Waals surface area contributed by atoms with E-state index in [0.717, 1.165) is 5.25 Å². The first-order valence-electron chi connectivity index (χ1n) is 4.04. The summed E-state index contributed by atoms with van der Waals surface area (Å²) < 4.78 is 0. The van der Waals surface area contributed by atoms with Crippen LogP contribution in [0.25, 0.3) is 0 Å². The lowest BCUT2D eigenvalue weighted by molar-refractivity contribution is 0.742. The van der Waals surface area contributed by atoms with Gasteiger partial charge < -0.3 is 5.73 Å². The molecule has 60 valence electrons. The van der Waals surface area contributed by atoms with Crippen molar-refractivity contribution >= 4 is 11.8 Å². The van der Waals surface area contributed by atoms with E-state index in [1.54, 1.807) is 0 Å². The fourth-order valence-electron chi connectivity index (χ4n) is 1.44. The minimum atomic E-state index is -0.0188. The van der Waals surface area contributed by atoms with Crippen LogP contribution >= 0.6 is 11.8 Å². The average molecular weight is 159 g/mol. The third-order valence-corrected chi connectivity index (χ3v) is 3.18. The number of thioether (sulfide) groups is 1. The Kier molecular flexibility index (Phi) is 2.64. The SMILES string of the molecule is CC(C)(N)SC1CCCC1. The quantitative estimate of drug-likeness (QED) is 0.626. The molecule has 0 amide bonds. The first-order chi connectivity index (χ1) is 4.58. The van der Waals surface area contributed by atoms with Crippen molar-refractivity contribution in [1.29, 1.82) is 0 Å². The summed E-state index contributed by atoms with van der Waals surface area (Å²) in [5.41, 5.74) is 5.88. The first-order valence-corrected chi connectivity index (χ1v) is 4.92. The molecular formula is C8H17NS. The topological polar surface area (TPSA) is 26.0 Å². The Hall–Kier alpha value is 0.310. The van der Waals surface area contributed by atoms with Gasteiger partial charge in [0.25, 0.3) is 0 Å². The van der Waals surface area contributed by atoms with E-state index in [-0.39, 0.29) is 4.87 Å². The van der Waals surface area contributed by atoms with E-state index in [9.17, 15) is 0 Å². The molecule has 0 saturated heterocycles. The second-order valence-corrected chi connectivity index (χ2v) is 5.58. The number of rotatable bonds is 2. The molecule has 0 aliphatic heterocycles. The maximum atomic E-state index is 5.88. The minimum absolute atomic E-state index is 0.0188. The summed E-state index contributed by atoms with van der Waals surface area (Å²) in [4.78, 5) is -0.0188. The summed E-state index contributed by atoms with van der Waals surface area (Å²) in [6.45, 7) is 4.19. The van der Waals surface area contributed by atoms with Crippen LogP contribution in [0, 0.1) is 0 Å². The third-order valence-electron chi connectivity index (χ3n) is 1.77. The molecular weight excluding hydrogens is 142 g/mol. The van der Waals surface area contributed by atoms with Crippen molar-refractivity contribution in [2.24, 2.45) is 5.73 Å². The van der Waals surface area contributed by atoms with Crippen molar-refractivity contribution in [3.05, 3.63) is 0 Å². The van der Waals surface area contributed by atoms with Gasteiger partial charge in [-0.05, 0) is 26.7 Å². The Morgan fingerprint density at radius 3 is 2.20 bits per heavy atom. The zero-order valence-electron chi connectivity index (χ0n) is 6.89. The summed E-state index contributed by atoms with van der Waals surface area (Å²) in [5, 5.41) is 0.847. The molecule has 1 rings (SSSR count). The van der Waals surface area contributed by atoms with Crippen LogP contribution in [-0.2, 0) is 0 Å². The van der Waals surface area contributed by atoms with E-state index in [2.05, 4.69) is 13.8 Å². The third kappa shape index (κ3) is 2.93. The van der Waals surface area contributed by atoms with Crippen molar-refractivity contribution < 1.29 is 0 Å². The van der Waals surface area contributed by atoms with Crippen molar-refractivity contribution in [2.45, 2.75) is 49.7 Å². The second kappa shape index (κ2) is 3.14. The molecule has 0 heterocycles. The number of hydrogen-bond donors (Lipinski definition) is 1. The first kappa shape index (κ1) is 8.41. The molecule has 1 aliphatic carbocycles. The van der Waals surface area contributed by atoms with Gasteiger partial charge in [-0.1, -0.05) is 12.8 Å². The predicted molar refractivity (Wildman–Crippen MR) is 48.1 cm³/mol. The highest BCUT2D eigenvalue weighted by Crippen LogP contribution is 2.34. The van der Waals surface area contributed by atoms with Gasteiger partial charge in [0.1, 0.15) is 0 Å². The highest BCUT2D eigenvalue weighted by atomic mass is 32.2. The Morgan fingerprint density at radius 1 is 1.30 bits per heavy atom.